The van der Waals surface area contributed by atoms with E-state index in [1.165, 1.54) is 103 Å². The lowest BCUT2D eigenvalue weighted by molar-refractivity contribution is -0.167. The van der Waals surface area contributed by atoms with Gasteiger partial charge in [-0.15, -0.1) is 0 Å². The van der Waals surface area contributed by atoms with Crippen molar-refractivity contribution < 1.29 is 28.6 Å². The van der Waals surface area contributed by atoms with Crippen LogP contribution in [-0.2, 0) is 28.6 Å². The first-order chi connectivity index (χ1) is 35.0. The van der Waals surface area contributed by atoms with Crippen molar-refractivity contribution in [1.29, 1.82) is 0 Å². The first-order valence-corrected chi connectivity index (χ1v) is 29.4. The molecule has 0 spiro atoms. The van der Waals surface area contributed by atoms with Gasteiger partial charge in [0.1, 0.15) is 13.2 Å². The molecule has 71 heavy (non-hydrogen) atoms. The molecule has 0 aliphatic rings. The molecule has 0 radical (unpaired) electrons. The third-order valence-electron chi connectivity index (χ3n) is 12.2. The molecule has 0 amide bonds. The molecule has 0 aromatic heterocycles. The highest BCUT2D eigenvalue weighted by molar-refractivity contribution is 5.71. The van der Waals surface area contributed by atoms with Gasteiger partial charge in [0, 0.05) is 19.3 Å². The van der Waals surface area contributed by atoms with Crippen LogP contribution in [0.15, 0.2) is 109 Å². The highest BCUT2D eigenvalue weighted by atomic mass is 16.6. The molecule has 1 atom stereocenters. The Morgan fingerprint density at radius 3 is 0.930 bits per heavy atom. The molecule has 1 unspecified atom stereocenters. The van der Waals surface area contributed by atoms with Gasteiger partial charge in [-0.1, -0.05) is 233 Å². The number of unbranched alkanes of at least 4 members (excludes halogenated alkanes) is 23. The van der Waals surface area contributed by atoms with Crippen LogP contribution in [0.2, 0.25) is 0 Å². The Morgan fingerprint density at radius 1 is 0.296 bits per heavy atom. The van der Waals surface area contributed by atoms with Crippen molar-refractivity contribution in [3.05, 3.63) is 109 Å². The van der Waals surface area contributed by atoms with Gasteiger partial charge in [0.2, 0.25) is 0 Å². The lowest BCUT2D eigenvalue weighted by Gasteiger charge is -2.18. The van der Waals surface area contributed by atoms with Crippen LogP contribution in [0.4, 0.5) is 0 Å². The van der Waals surface area contributed by atoms with Gasteiger partial charge in [-0.2, -0.15) is 0 Å². The lowest BCUT2D eigenvalue weighted by Crippen LogP contribution is -2.30. The monoisotopic (exact) mass is 985 g/mol. The molecule has 404 valence electrons. The van der Waals surface area contributed by atoms with Gasteiger partial charge >= 0.3 is 17.9 Å². The van der Waals surface area contributed by atoms with Crippen molar-refractivity contribution in [3.8, 4) is 0 Å². The Balaban J connectivity index is 4.40. The van der Waals surface area contributed by atoms with E-state index >= 15 is 0 Å². The quantitative estimate of drug-likeness (QED) is 0.0261. The van der Waals surface area contributed by atoms with Gasteiger partial charge in [0.05, 0.1) is 0 Å². The van der Waals surface area contributed by atoms with Crippen molar-refractivity contribution in [2.45, 2.75) is 271 Å². The molecular formula is C65H108O6. The number of carbonyl (C=O) groups is 3. The fourth-order valence-corrected chi connectivity index (χ4v) is 7.81. The van der Waals surface area contributed by atoms with Crippen molar-refractivity contribution >= 4 is 17.9 Å². The van der Waals surface area contributed by atoms with Crippen molar-refractivity contribution in [1.82, 2.24) is 0 Å². The number of allylic oxidation sites excluding steroid dienone is 18. The summed E-state index contributed by atoms with van der Waals surface area (Å²) in [5, 5.41) is 0. The van der Waals surface area contributed by atoms with E-state index in [4.69, 9.17) is 14.2 Å². The lowest BCUT2D eigenvalue weighted by atomic mass is 10.1. The molecule has 0 aromatic rings. The van der Waals surface area contributed by atoms with E-state index < -0.39 is 6.10 Å². The number of ether oxygens (including phenoxy) is 3. The molecule has 0 aromatic carbocycles. The average molecular weight is 986 g/mol. The van der Waals surface area contributed by atoms with Gasteiger partial charge in [-0.3, -0.25) is 14.4 Å². The van der Waals surface area contributed by atoms with E-state index in [1.54, 1.807) is 0 Å². The summed E-state index contributed by atoms with van der Waals surface area (Å²) in [6.45, 7) is 6.45. The molecular weight excluding hydrogens is 877 g/mol. The van der Waals surface area contributed by atoms with Crippen LogP contribution in [0.25, 0.3) is 0 Å². The number of hydrogen-bond donors (Lipinski definition) is 0. The predicted octanol–water partition coefficient (Wildman–Crippen LogP) is 19.9. The van der Waals surface area contributed by atoms with E-state index in [0.29, 0.717) is 19.3 Å². The van der Waals surface area contributed by atoms with Gasteiger partial charge in [0.15, 0.2) is 6.10 Å². The van der Waals surface area contributed by atoms with Crippen LogP contribution in [0.1, 0.15) is 265 Å². The summed E-state index contributed by atoms with van der Waals surface area (Å²) in [7, 11) is 0. The largest absolute Gasteiger partial charge is 0.462 e. The minimum Gasteiger partial charge on any atom is -0.462 e. The molecule has 0 aliphatic carbocycles. The van der Waals surface area contributed by atoms with Crippen molar-refractivity contribution in [2.75, 3.05) is 13.2 Å². The Hall–Kier alpha value is -3.93. The second-order valence-electron chi connectivity index (χ2n) is 19.2. The van der Waals surface area contributed by atoms with Crippen LogP contribution >= 0.6 is 0 Å². The number of carbonyl (C=O) groups excluding carboxylic acids is 3. The molecule has 0 saturated carbocycles. The number of esters is 3. The number of hydrogen-bond acceptors (Lipinski definition) is 6. The maximum atomic E-state index is 12.9. The molecule has 0 rings (SSSR count). The van der Waals surface area contributed by atoms with E-state index in [2.05, 4.69) is 130 Å². The van der Waals surface area contributed by atoms with Crippen LogP contribution in [-0.4, -0.2) is 37.2 Å². The SMILES string of the molecule is CC/C=C\C/C=C\C/C=C\C/C=C\C/C=C\C/C=C\C/C=C\CCCCCC(=O)OCC(COC(=O)CCCCCCC/C=C\CCCC)OC(=O)CCCCCCCCC/C=C\CCCCCCCC. The Morgan fingerprint density at radius 2 is 0.563 bits per heavy atom. The molecule has 0 N–H and O–H groups in total. The number of rotatable bonds is 52. The molecule has 6 heteroatoms. The summed E-state index contributed by atoms with van der Waals surface area (Å²) in [5.41, 5.74) is 0. The minimum absolute atomic E-state index is 0.0959. The predicted molar refractivity (Wildman–Crippen MR) is 307 cm³/mol. The molecule has 0 heterocycles. The highest BCUT2D eigenvalue weighted by Gasteiger charge is 2.19. The maximum absolute atomic E-state index is 12.9. The second kappa shape index (κ2) is 58.6. The maximum Gasteiger partial charge on any atom is 0.306 e. The molecule has 0 saturated heterocycles. The Kier molecular flexibility index (Phi) is 55.4. The summed E-state index contributed by atoms with van der Waals surface area (Å²) < 4.78 is 16.8. The van der Waals surface area contributed by atoms with Gasteiger partial charge in [0.25, 0.3) is 0 Å². The molecule has 0 fully saturated rings. The Bertz CT molecular complexity index is 1460. The van der Waals surface area contributed by atoms with Crippen LogP contribution in [0.5, 0.6) is 0 Å². The topological polar surface area (TPSA) is 78.9 Å². The standard InChI is InChI=1S/C65H108O6/c1-4-7-10-13-16-19-22-24-26-28-29-30-31-32-33-34-35-37-38-40-43-46-49-52-55-58-64(67)70-61-62(60-69-63(66)57-54-51-48-45-42-21-18-15-12-9-6-3)71-65(68)59-56-53-50-47-44-41-39-36-27-25-23-20-17-14-11-8-5-2/h7,10,15-16,18-19,24-27,29-30,32-33,35,37,40,43,62H,4-6,8-9,11-14,17,20-23,28,31,34,36,38-39,41-42,44-61H2,1-3H3/b10-7-,18-15-,19-16-,26-24-,27-25-,30-29-,33-32-,37-35-,43-40-. The van der Waals surface area contributed by atoms with Crippen molar-refractivity contribution in [2.24, 2.45) is 0 Å². The molecule has 0 bridgehead atoms. The summed E-state index contributed by atoms with van der Waals surface area (Å²) in [5.74, 6) is -0.943. The van der Waals surface area contributed by atoms with Gasteiger partial charge < -0.3 is 14.2 Å². The fraction of sp³-hybridized carbons (Fsp3) is 0.677. The van der Waals surface area contributed by atoms with Crippen molar-refractivity contribution in [3.63, 3.8) is 0 Å². The first kappa shape index (κ1) is 67.1. The Labute approximate surface area is 438 Å². The van der Waals surface area contributed by atoms with E-state index in [-0.39, 0.29) is 31.1 Å². The zero-order chi connectivity index (χ0) is 51.4. The van der Waals surface area contributed by atoms with E-state index in [1.807, 2.05) is 0 Å². The smallest absolute Gasteiger partial charge is 0.306 e. The molecule has 0 aliphatic heterocycles. The average Bonchev–Trinajstić information content (AvgIpc) is 3.37. The normalized spacial score (nSPS) is 12.9. The summed E-state index contributed by atoms with van der Waals surface area (Å²) in [6, 6.07) is 0. The summed E-state index contributed by atoms with van der Waals surface area (Å²) in [4.78, 5) is 38.1. The van der Waals surface area contributed by atoms with Gasteiger partial charge in [-0.05, 0) is 122 Å². The highest BCUT2D eigenvalue weighted by Crippen LogP contribution is 2.14. The van der Waals surface area contributed by atoms with Crippen LogP contribution in [0.3, 0.4) is 0 Å². The zero-order valence-corrected chi connectivity index (χ0v) is 46.2. The van der Waals surface area contributed by atoms with Gasteiger partial charge in [-0.25, -0.2) is 0 Å². The summed E-state index contributed by atoms with van der Waals surface area (Å²) >= 11 is 0. The van der Waals surface area contributed by atoms with Crippen LogP contribution in [0, 0.1) is 0 Å². The van der Waals surface area contributed by atoms with E-state index in [0.717, 1.165) is 122 Å². The third kappa shape index (κ3) is 56.9. The second-order valence-corrected chi connectivity index (χ2v) is 19.2. The molecule has 6 nitrogen and oxygen atoms in total. The third-order valence-corrected chi connectivity index (χ3v) is 12.2. The minimum atomic E-state index is -0.799. The zero-order valence-electron chi connectivity index (χ0n) is 46.2. The first-order valence-electron chi connectivity index (χ1n) is 29.4. The van der Waals surface area contributed by atoms with Crippen LogP contribution < -0.4 is 0 Å². The van der Waals surface area contributed by atoms with E-state index in [9.17, 15) is 14.4 Å². The fourth-order valence-electron chi connectivity index (χ4n) is 7.81. The summed E-state index contributed by atoms with van der Waals surface area (Å²) in [6.07, 6.45) is 79.4.